The second kappa shape index (κ2) is 5.60. The van der Waals surface area contributed by atoms with Gasteiger partial charge in [0.2, 0.25) is 12.7 Å². The SMILES string of the molecule is CC(CNC(=O)Cc1cccc2c1OCO2)C(=O)O. The summed E-state index contributed by atoms with van der Waals surface area (Å²) in [6, 6.07) is 5.35. The van der Waals surface area contributed by atoms with E-state index < -0.39 is 11.9 Å². The zero-order valence-corrected chi connectivity index (χ0v) is 10.5. The van der Waals surface area contributed by atoms with Crippen LogP contribution in [-0.4, -0.2) is 30.3 Å². The molecule has 6 heteroatoms. The van der Waals surface area contributed by atoms with Crippen LogP contribution in [0, 0.1) is 5.92 Å². The average Bonchev–Trinajstić information content (AvgIpc) is 2.85. The van der Waals surface area contributed by atoms with E-state index in [2.05, 4.69) is 5.32 Å². The average molecular weight is 265 g/mol. The molecule has 0 bridgehead atoms. The summed E-state index contributed by atoms with van der Waals surface area (Å²) >= 11 is 0. The number of amides is 1. The molecule has 0 saturated heterocycles. The first-order valence-electron chi connectivity index (χ1n) is 5.95. The van der Waals surface area contributed by atoms with Gasteiger partial charge in [0.25, 0.3) is 0 Å². The molecule has 1 heterocycles. The van der Waals surface area contributed by atoms with Gasteiger partial charge in [0.1, 0.15) is 0 Å². The van der Waals surface area contributed by atoms with Gasteiger partial charge in [-0.15, -0.1) is 0 Å². The summed E-state index contributed by atoms with van der Waals surface area (Å²) in [6.45, 7) is 1.81. The molecule has 2 N–H and O–H groups in total. The molecule has 1 unspecified atom stereocenters. The number of hydrogen-bond acceptors (Lipinski definition) is 4. The number of benzene rings is 1. The highest BCUT2D eigenvalue weighted by atomic mass is 16.7. The number of ether oxygens (including phenoxy) is 2. The Bertz CT molecular complexity index is 500. The van der Waals surface area contributed by atoms with Gasteiger partial charge in [-0.3, -0.25) is 9.59 Å². The maximum atomic E-state index is 11.7. The Kier molecular flexibility index (Phi) is 3.89. The fourth-order valence-electron chi connectivity index (χ4n) is 1.72. The van der Waals surface area contributed by atoms with E-state index >= 15 is 0 Å². The van der Waals surface area contributed by atoms with Crippen molar-refractivity contribution in [3.63, 3.8) is 0 Å². The number of aliphatic carboxylic acids is 1. The Morgan fingerprint density at radius 2 is 2.21 bits per heavy atom. The summed E-state index contributed by atoms with van der Waals surface area (Å²) < 4.78 is 10.5. The largest absolute Gasteiger partial charge is 0.481 e. The van der Waals surface area contributed by atoms with Crippen LogP contribution in [0.5, 0.6) is 11.5 Å². The molecule has 1 amide bonds. The van der Waals surface area contributed by atoms with E-state index in [-0.39, 0.29) is 25.7 Å². The summed E-state index contributed by atoms with van der Waals surface area (Å²) in [6.07, 6.45) is 0.138. The van der Waals surface area contributed by atoms with E-state index in [9.17, 15) is 9.59 Å². The normalized spacial score (nSPS) is 13.9. The lowest BCUT2D eigenvalue weighted by Crippen LogP contribution is -2.32. The maximum Gasteiger partial charge on any atom is 0.308 e. The van der Waals surface area contributed by atoms with Crippen molar-refractivity contribution in [2.75, 3.05) is 13.3 Å². The summed E-state index contributed by atoms with van der Waals surface area (Å²) in [5.41, 5.74) is 0.732. The summed E-state index contributed by atoms with van der Waals surface area (Å²) in [5.74, 6) is -0.562. The van der Waals surface area contributed by atoms with Crippen LogP contribution < -0.4 is 14.8 Å². The molecular weight excluding hydrogens is 250 g/mol. The molecule has 1 aromatic rings. The molecule has 0 radical (unpaired) electrons. The second-order valence-electron chi connectivity index (χ2n) is 4.37. The minimum Gasteiger partial charge on any atom is -0.481 e. The van der Waals surface area contributed by atoms with E-state index in [0.717, 1.165) is 5.56 Å². The predicted molar refractivity (Wildman–Crippen MR) is 66.1 cm³/mol. The number of nitrogens with one attached hydrogen (secondary N) is 1. The highest BCUT2D eigenvalue weighted by Crippen LogP contribution is 2.35. The number of carboxylic acids is 1. The lowest BCUT2D eigenvalue weighted by Gasteiger charge is -2.09. The third kappa shape index (κ3) is 3.15. The van der Waals surface area contributed by atoms with Gasteiger partial charge in [0, 0.05) is 12.1 Å². The first-order valence-corrected chi connectivity index (χ1v) is 5.95. The topological polar surface area (TPSA) is 84.9 Å². The van der Waals surface area contributed by atoms with Crippen LogP contribution in [0.3, 0.4) is 0 Å². The maximum absolute atomic E-state index is 11.7. The van der Waals surface area contributed by atoms with E-state index in [1.807, 2.05) is 0 Å². The molecule has 2 rings (SSSR count). The standard InChI is InChI=1S/C13H15NO5/c1-8(13(16)17)6-14-11(15)5-9-3-2-4-10-12(9)19-7-18-10/h2-4,8H,5-7H2,1H3,(H,14,15)(H,16,17). The Balaban J connectivity index is 1.93. The third-order valence-corrected chi connectivity index (χ3v) is 2.86. The highest BCUT2D eigenvalue weighted by Gasteiger charge is 2.19. The molecule has 102 valence electrons. The lowest BCUT2D eigenvalue weighted by molar-refractivity contribution is -0.141. The van der Waals surface area contributed by atoms with Gasteiger partial charge in [0.15, 0.2) is 11.5 Å². The van der Waals surface area contributed by atoms with Crippen LogP contribution in [-0.2, 0) is 16.0 Å². The van der Waals surface area contributed by atoms with Crippen molar-refractivity contribution in [3.8, 4) is 11.5 Å². The number of hydrogen-bond donors (Lipinski definition) is 2. The van der Waals surface area contributed by atoms with Gasteiger partial charge in [-0.05, 0) is 6.07 Å². The molecule has 0 spiro atoms. The van der Waals surface area contributed by atoms with Gasteiger partial charge >= 0.3 is 5.97 Å². The van der Waals surface area contributed by atoms with Crippen LogP contribution in [0.2, 0.25) is 0 Å². The van der Waals surface area contributed by atoms with Crippen LogP contribution in [0.4, 0.5) is 0 Å². The smallest absolute Gasteiger partial charge is 0.308 e. The third-order valence-electron chi connectivity index (χ3n) is 2.86. The summed E-state index contributed by atoms with van der Waals surface area (Å²) in [5, 5.41) is 11.3. The molecule has 0 saturated carbocycles. The van der Waals surface area contributed by atoms with Crippen LogP contribution in [0.1, 0.15) is 12.5 Å². The molecule has 0 aromatic heterocycles. The Morgan fingerprint density at radius 3 is 2.95 bits per heavy atom. The number of para-hydroxylation sites is 1. The van der Waals surface area contributed by atoms with Crippen molar-refractivity contribution in [1.82, 2.24) is 5.32 Å². The molecule has 1 atom stereocenters. The van der Waals surface area contributed by atoms with Crippen molar-refractivity contribution in [1.29, 1.82) is 0 Å². The Labute approximate surface area is 110 Å². The van der Waals surface area contributed by atoms with Gasteiger partial charge in [-0.1, -0.05) is 19.1 Å². The molecule has 1 aliphatic rings. The number of carbonyl (C=O) groups excluding carboxylic acids is 1. The number of carboxylic acid groups (broad SMARTS) is 1. The van der Waals surface area contributed by atoms with Crippen molar-refractivity contribution in [2.45, 2.75) is 13.3 Å². The number of rotatable bonds is 5. The highest BCUT2D eigenvalue weighted by molar-refractivity contribution is 5.80. The fraction of sp³-hybridized carbons (Fsp3) is 0.385. The Hall–Kier alpha value is -2.24. The van der Waals surface area contributed by atoms with Gasteiger partial charge < -0.3 is 19.9 Å². The first kappa shape index (κ1) is 13.2. The second-order valence-corrected chi connectivity index (χ2v) is 4.37. The quantitative estimate of drug-likeness (QED) is 0.822. The lowest BCUT2D eigenvalue weighted by atomic mass is 10.1. The molecule has 0 fully saturated rings. The van der Waals surface area contributed by atoms with Crippen molar-refractivity contribution >= 4 is 11.9 Å². The van der Waals surface area contributed by atoms with Crippen molar-refractivity contribution in [3.05, 3.63) is 23.8 Å². The molecule has 1 aliphatic heterocycles. The van der Waals surface area contributed by atoms with Crippen molar-refractivity contribution in [2.24, 2.45) is 5.92 Å². The van der Waals surface area contributed by atoms with Crippen molar-refractivity contribution < 1.29 is 24.2 Å². The van der Waals surface area contributed by atoms with Crippen LogP contribution in [0.15, 0.2) is 18.2 Å². The minimum atomic E-state index is -0.933. The molecule has 1 aromatic carbocycles. The Morgan fingerprint density at radius 1 is 1.42 bits per heavy atom. The minimum absolute atomic E-state index is 0.112. The predicted octanol–water partition coefficient (Wildman–Crippen LogP) is 0.795. The molecule has 6 nitrogen and oxygen atoms in total. The zero-order chi connectivity index (χ0) is 13.8. The van der Waals surface area contributed by atoms with E-state index in [0.29, 0.717) is 11.5 Å². The number of fused-ring (bicyclic) bond motifs is 1. The number of carbonyl (C=O) groups is 2. The van der Waals surface area contributed by atoms with Crippen LogP contribution >= 0.6 is 0 Å². The molecular formula is C13H15NO5. The molecule has 0 aliphatic carbocycles. The molecule has 19 heavy (non-hydrogen) atoms. The van der Waals surface area contributed by atoms with E-state index in [1.165, 1.54) is 0 Å². The first-order chi connectivity index (χ1) is 9.08. The summed E-state index contributed by atoms with van der Waals surface area (Å²) in [7, 11) is 0. The van der Waals surface area contributed by atoms with Gasteiger partial charge in [-0.2, -0.15) is 0 Å². The van der Waals surface area contributed by atoms with Crippen LogP contribution in [0.25, 0.3) is 0 Å². The fourth-order valence-corrected chi connectivity index (χ4v) is 1.72. The van der Waals surface area contributed by atoms with Gasteiger partial charge in [0.05, 0.1) is 12.3 Å². The van der Waals surface area contributed by atoms with E-state index in [1.54, 1.807) is 25.1 Å². The zero-order valence-electron chi connectivity index (χ0n) is 10.5. The van der Waals surface area contributed by atoms with E-state index in [4.69, 9.17) is 14.6 Å². The monoisotopic (exact) mass is 265 g/mol. The summed E-state index contributed by atoms with van der Waals surface area (Å²) in [4.78, 5) is 22.4. The van der Waals surface area contributed by atoms with Gasteiger partial charge in [-0.25, -0.2) is 0 Å².